The van der Waals surface area contributed by atoms with Gasteiger partial charge in [-0.2, -0.15) is 5.10 Å². The van der Waals surface area contributed by atoms with Crippen LogP contribution in [0, 0.1) is 5.92 Å². The number of fused-ring (bicyclic) bond motifs is 1. The lowest BCUT2D eigenvalue weighted by Gasteiger charge is -2.13. The van der Waals surface area contributed by atoms with E-state index in [1.54, 1.807) is 48.5 Å². The molecule has 0 saturated carbocycles. The Labute approximate surface area is 166 Å². The molecule has 8 heteroatoms. The summed E-state index contributed by atoms with van der Waals surface area (Å²) in [7, 11) is 0. The Bertz CT molecular complexity index is 1110. The van der Waals surface area contributed by atoms with Crippen molar-refractivity contribution >= 4 is 34.2 Å². The molecule has 0 bridgehead atoms. The van der Waals surface area contributed by atoms with Crippen LogP contribution >= 0.6 is 11.6 Å². The summed E-state index contributed by atoms with van der Waals surface area (Å²) < 4.78 is 1.28. The van der Waals surface area contributed by atoms with Crippen LogP contribution in [0.25, 0.3) is 10.8 Å². The quantitative estimate of drug-likeness (QED) is 0.661. The second-order valence-corrected chi connectivity index (χ2v) is 7.07. The molecule has 3 rings (SSSR count). The van der Waals surface area contributed by atoms with E-state index >= 15 is 0 Å². The number of carbonyl (C=O) groups is 2. The molecule has 0 unspecified atom stereocenters. The number of nitrogens with zero attached hydrogens (tertiary/aromatic N) is 2. The average molecular weight is 399 g/mol. The first-order valence-corrected chi connectivity index (χ1v) is 9.11. The minimum atomic E-state index is -0.630. The van der Waals surface area contributed by atoms with Crippen LogP contribution in [0.4, 0.5) is 0 Å². The number of halogens is 1. The predicted molar refractivity (Wildman–Crippen MR) is 107 cm³/mol. The van der Waals surface area contributed by atoms with Crippen molar-refractivity contribution in [3.63, 3.8) is 0 Å². The molecule has 7 nitrogen and oxygen atoms in total. The fraction of sp³-hybridized carbons (Fsp3) is 0.200. The van der Waals surface area contributed by atoms with Crippen molar-refractivity contribution in [2.45, 2.75) is 20.4 Å². The number of benzene rings is 2. The first-order valence-electron chi connectivity index (χ1n) is 8.73. The molecular weight excluding hydrogens is 380 g/mol. The molecule has 0 spiro atoms. The monoisotopic (exact) mass is 398 g/mol. The third kappa shape index (κ3) is 4.04. The van der Waals surface area contributed by atoms with Gasteiger partial charge in [-0.1, -0.05) is 55.8 Å². The highest BCUT2D eigenvalue weighted by Crippen LogP contribution is 2.15. The largest absolute Gasteiger partial charge is 0.290 e. The van der Waals surface area contributed by atoms with Crippen LogP contribution in [0.15, 0.2) is 53.3 Å². The summed E-state index contributed by atoms with van der Waals surface area (Å²) in [6.45, 7) is 4.27. The van der Waals surface area contributed by atoms with Crippen LogP contribution in [0.1, 0.15) is 34.7 Å². The Morgan fingerprint density at radius 3 is 2.29 bits per heavy atom. The standard InChI is InChI=1S/C20H19ClN4O3/c1-12(2)11-25-20(28)14-8-4-3-7-13(14)17(24-25)19(27)23-22-18(26)15-9-5-6-10-16(15)21/h3-10,12H,11H2,1-2H3,(H,22,26)(H,23,27). The average Bonchev–Trinajstić information content (AvgIpc) is 2.68. The van der Waals surface area contributed by atoms with E-state index in [1.807, 2.05) is 13.8 Å². The van der Waals surface area contributed by atoms with E-state index < -0.39 is 11.8 Å². The molecule has 3 aromatic rings. The van der Waals surface area contributed by atoms with Gasteiger partial charge < -0.3 is 0 Å². The summed E-state index contributed by atoms with van der Waals surface area (Å²) in [5.74, 6) is -1.02. The van der Waals surface area contributed by atoms with Crippen LogP contribution in [-0.2, 0) is 6.54 Å². The lowest BCUT2D eigenvalue weighted by Crippen LogP contribution is -2.43. The van der Waals surface area contributed by atoms with Gasteiger partial charge >= 0.3 is 0 Å². The van der Waals surface area contributed by atoms with Crippen LogP contribution in [-0.4, -0.2) is 21.6 Å². The van der Waals surface area contributed by atoms with Gasteiger partial charge in [0.1, 0.15) is 0 Å². The number of carbonyl (C=O) groups excluding carboxylic acids is 2. The molecule has 28 heavy (non-hydrogen) atoms. The molecule has 2 amide bonds. The van der Waals surface area contributed by atoms with Gasteiger partial charge in [-0.3, -0.25) is 25.2 Å². The van der Waals surface area contributed by atoms with Gasteiger partial charge in [0.15, 0.2) is 5.69 Å². The Morgan fingerprint density at radius 2 is 1.61 bits per heavy atom. The van der Waals surface area contributed by atoms with E-state index in [9.17, 15) is 14.4 Å². The molecular formula is C20H19ClN4O3. The number of aromatic nitrogens is 2. The smallest absolute Gasteiger partial charge is 0.267 e. The van der Waals surface area contributed by atoms with Crippen LogP contribution in [0.3, 0.4) is 0 Å². The number of hydrazine groups is 1. The maximum absolute atomic E-state index is 12.7. The molecule has 0 aliphatic rings. The second-order valence-electron chi connectivity index (χ2n) is 6.66. The van der Waals surface area contributed by atoms with Crippen molar-refractivity contribution in [1.29, 1.82) is 0 Å². The van der Waals surface area contributed by atoms with Crippen molar-refractivity contribution in [2.24, 2.45) is 5.92 Å². The molecule has 1 aromatic heterocycles. The van der Waals surface area contributed by atoms with Gasteiger partial charge in [0.05, 0.1) is 16.0 Å². The normalized spacial score (nSPS) is 10.9. The maximum atomic E-state index is 12.7. The van der Waals surface area contributed by atoms with Crippen LogP contribution < -0.4 is 16.4 Å². The minimum absolute atomic E-state index is 0.0512. The summed E-state index contributed by atoms with van der Waals surface area (Å²) in [6, 6.07) is 13.2. The number of hydrogen-bond acceptors (Lipinski definition) is 4. The predicted octanol–water partition coefficient (Wildman–Crippen LogP) is 2.78. The third-order valence-electron chi connectivity index (χ3n) is 4.03. The molecule has 0 aliphatic heterocycles. The second kappa shape index (κ2) is 8.22. The van der Waals surface area contributed by atoms with Gasteiger partial charge in [0, 0.05) is 11.9 Å². The molecule has 1 heterocycles. The van der Waals surface area contributed by atoms with Gasteiger partial charge in [-0.05, 0) is 24.1 Å². The van der Waals surface area contributed by atoms with Crippen LogP contribution in [0.5, 0.6) is 0 Å². The van der Waals surface area contributed by atoms with E-state index in [-0.39, 0.29) is 27.8 Å². The number of amides is 2. The van der Waals surface area contributed by atoms with E-state index in [0.29, 0.717) is 17.3 Å². The van der Waals surface area contributed by atoms with E-state index in [2.05, 4.69) is 16.0 Å². The van der Waals surface area contributed by atoms with Gasteiger partial charge in [-0.25, -0.2) is 4.68 Å². The summed E-state index contributed by atoms with van der Waals surface area (Å²) >= 11 is 5.99. The lowest BCUT2D eigenvalue weighted by molar-refractivity contribution is 0.0843. The fourth-order valence-corrected chi connectivity index (χ4v) is 2.98. The zero-order valence-electron chi connectivity index (χ0n) is 15.4. The molecule has 2 aromatic carbocycles. The number of nitrogens with one attached hydrogen (secondary N) is 2. The van der Waals surface area contributed by atoms with E-state index in [1.165, 1.54) is 4.68 Å². The highest BCUT2D eigenvalue weighted by Gasteiger charge is 2.18. The Kier molecular flexibility index (Phi) is 5.75. The summed E-state index contributed by atoms with van der Waals surface area (Å²) in [5.41, 5.74) is 4.69. The van der Waals surface area contributed by atoms with E-state index in [4.69, 9.17) is 11.6 Å². The molecule has 2 N–H and O–H groups in total. The third-order valence-corrected chi connectivity index (χ3v) is 4.36. The number of rotatable bonds is 4. The van der Waals surface area contributed by atoms with Crippen molar-refractivity contribution in [1.82, 2.24) is 20.6 Å². The molecule has 0 saturated heterocycles. The molecule has 144 valence electrons. The van der Waals surface area contributed by atoms with Crippen molar-refractivity contribution < 1.29 is 9.59 Å². The molecule has 0 aliphatic carbocycles. The summed E-state index contributed by atoms with van der Waals surface area (Å²) in [6.07, 6.45) is 0. The van der Waals surface area contributed by atoms with Crippen molar-refractivity contribution in [3.05, 3.63) is 75.2 Å². The zero-order chi connectivity index (χ0) is 20.3. The topological polar surface area (TPSA) is 93.1 Å². The first-order chi connectivity index (χ1) is 13.4. The minimum Gasteiger partial charge on any atom is -0.267 e. The van der Waals surface area contributed by atoms with Crippen molar-refractivity contribution in [2.75, 3.05) is 0 Å². The summed E-state index contributed by atoms with van der Waals surface area (Å²) in [4.78, 5) is 37.5. The van der Waals surface area contributed by atoms with Gasteiger partial charge in [0.2, 0.25) is 0 Å². The van der Waals surface area contributed by atoms with Crippen molar-refractivity contribution in [3.8, 4) is 0 Å². The number of hydrogen-bond donors (Lipinski definition) is 2. The van der Waals surface area contributed by atoms with Gasteiger partial charge in [-0.15, -0.1) is 0 Å². The SMILES string of the molecule is CC(C)Cn1nc(C(=O)NNC(=O)c2ccccc2Cl)c2ccccc2c1=O. The highest BCUT2D eigenvalue weighted by atomic mass is 35.5. The molecule has 0 fully saturated rings. The molecule has 0 radical (unpaired) electrons. The maximum Gasteiger partial charge on any atom is 0.290 e. The Hall–Kier alpha value is -3.19. The lowest BCUT2D eigenvalue weighted by atomic mass is 10.1. The van der Waals surface area contributed by atoms with Crippen LogP contribution in [0.2, 0.25) is 5.02 Å². The Morgan fingerprint density at radius 1 is 1.00 bits per heavy atom. The Balaban J connectivity index is 1.91. The zero-order valence-corrected chi connectivity index (χ0v) is 16.2. The van der Waals surface area contributed by atoms with E-state index in [0.717, 1.165) is 0 Å². The summed E-state index contributed by atoms with van der Waals surface area (Å²) in [5, 5.41) is 5.29. The highest BCUT2D eigenvalue weighted by molar-refractivity contribution is 6.33. The fourth-order valence-electron chi connectivity index (χ4n) is 2.76. The molecule has 0 atom stereocenters. The first kappa shape index (κ1) is 19.6. The van der Waals surface area contributed by atoms with Gasteiger partial charge in [0.25, 0.3) is 17.4 Å².